The molecule has 3 N–H and O–H groups in total. The van der Waals surface area contributed by atoms with Crippen molar-refractivity contribution in [3.63, 3.8) is 0 Å². The highest BCUT2D eigenvalue weighted by Crippen LogP contribution is 2.24. The second-order valence-electron chi connectivity index (χ2n) is 9.22. The lowest BCUT2D eigenvalue weighted by Crippen LogP contribution is -2.54. The lowest BCUT2D eigenvalue weighted by Gasteiger charge is -2.34. The Morgan fingerprint density at radius 3 is 2.18 bits per heavy atom. The number of ether oxygens (including phenoxy) is 1. The van der Waals surface area contributed by atoms with Crippen LogP contribution >= 0.6 is 0 Å². The fourth-order valence-electron chi connectivity index (χ4n) is 3.24. The summed E-state index contributed by atoms with van der Waals surface area (Å²) >= 11 is 0. The number of hydrogen-bond acceptors (Lipinski definition) is 5. The third-order valence-electron chi connectivity index (χ3n) is 4.99. The zero-order chi connectivity index (χ0) is 25.0. The first-order chi connectivity index (χ1) is 15.5. The number of nitrogens with one attached hydrogen (secondary N) is 2. The lowest BCUT2D eigenvalue weighted by molar-refractivity contribution is -0.143. The summed E-state index contributed by atoms with van der Waals surface area (Å²) in [5, 5.41) is 15.3. The second-order valence-corrected chi connectivity index (χ2v) is 9.22. The maximum atomic E-state index is 13.5. The standard InChI is InChI=1S/C25H41N3O5/c1-7-9-15-26-22(30)21(19-13-11-18(3)12-14-19)28(16-10-8-2)23(31)20(17-29)27-24(32)33-25(4,5)6/h11-14,20-21,29H,7-10,15-17H2,1-6H3,(H,26,30)(H,27,32). The number of nitrogens with zero attached hydrogens (tertiary/aromatic N) is 1. The largest absolute Gasteiger partial charge is 0.444 e. The van der Waals surface area contributed by atoms with Gasteiger partial charge in [-0.05, 0) is 46.1 Å². The number of unbranched alkanes of at least 4 members (excludes halogenated alkanes) is 2. The van der Waals surface area contributed by atoms with Crippen LogP contribution in [-0.2, 0) is 14.3 Å². The third kappa shape index (κ3) is 9.82. The van der Waals surface area contributed by atoms with Crippen LogP contribution in [0.2, 0.25) is 0 Å². The van der Waals surface area contributed by atoms with E-state index in [1.807, 2.05) is 45.0 Å². The molecule has 0 aliphatic carbocycles. The van der Waals surface area contributed by atoms with E-state index in [2.05, 4.69) is 10.6 Å². The maximum Gasteiger partial charge on any atom is 0.408 e. The van der Waals surface area contributed by atoms with Crippen LogP contribution in [0.15, 0.2) is 24.3 Å². The Kier molecular flexibility index (Phi) is 11.9. The number of aliphatic hydroxyl groups is 1. The van der Waals surface area contributed by atoms with Gasteiger partial charge in [-0.2, -0.15) is 0 Å². The molecule has 0 saturated heterocycles. The molecule has 186 valence electrons. The topological polar surface area (TPSA) is 108 Å². The minimum absolute atomic E-state index is 0.286. The highest BCUT2D eigenvalue weighted by molar-refractivity contribution is 5.92. The molecule has 2 atom stereocenters. The van der Waals surface area contributed by atoms with Gasteiger partial charge in [0.25, 0.3) is 0 Å². The average molecular weight is 464 g/mol. The number of rotatable bonds is 12. The molecule has 8 heteroatoms. The van der Waals surface area contributed by atoms with Gasteiger partial charge in [0.2, 0.25) is 11.8 Å². The summed E-state index contributed by atoms with van der Waals surface area (Å²) in [6, 6.07) is 5.35. The number of alkyl carbamates (subject to hydrolysis) is 1. The molecule has 0 spiro atoms. The predicted molar refractivity (Wildman–Crippen MR) is 129 cm³/mol. The number of carbonyl (C=O) groups excluding carboxylic acids is 3. The van der Waals surface area contributed by atoms with E-state index in [9.17, 15) is 19.5 Å². The van der Waals surface area contributed by atoms with Gasteiger partial charge in [-0.3, -0.25) is 9.59 Å². The molecule has 0 radical (unpaired) electrons. The van der Waals surface area contributed by atoms with E-state index < -0.39 is 36.3 Å². The number of aryl methyl sites for hydroxylation is 1. The Morgan fingerprint density at radius 1 is 1.06 bits per heavy atom. The molecule has 0 saturated carbocycles. The summed E-state index contributed by atoms with van der Waals surface area (Å²) in [6.07, 6.45) is 2.44. The smallest absolute Gasteiger partial charge is 0.408 e. The highest BCUT2D eigenvalue weighted by atomic mass is 16.6. The first-order valence-corrected chi connectivity index (χ1v) is 11.8. The van der Waals surface area contributed by atoms with Gasteiger partial charge in [0.15, 0.2) is 0 Å². The summed E-state index contributed by atoms with van der Waals surface area (Å²) < 4.78 is 5.24. The Balaban J connectivity index is 3.28. The summed E-state index contributed by atoms with van der Waals surface area (Å²) in [5.74, 6) is -0.821. The fourth-order valence-corrected chi connectivity index (χ4v) is 3.24. The van der Waals surface area contributed by atoms with Crippen molar-refractivity contribution in [2.24, 2.45) is 0 Å². The van der Waals surface area contributed by atoms with Crippen LogP contribution in [0.4, 0.5) is 4.79 Å². The van der Waals surface area contributed by atoms with E-state index in [1.165, 1.54) is 4.90 Å². The predicted octanol–water partition coefficient (Wildman–Crippen LogP) is 3.47. The molecule has 1 rings (SSSR count). The minimum atomic E-state index is -1.23. The van der Waals surface area contributed by atoms with E-state index >= 15 is 0 Å². The molecule has 1 aromatic carbocycles. The Bertz CT molecular complexity index is 758. The maximum absolute atomic E-state index is 13.5. The molecular weight excluding hydrogens is 422 g/mol. The number of carbonyl (C=O) groups is 3. The molecule has 3 amide bonds. The van der Waals surface area contributed by atoms with Gasteiger partial charge in [-0.25, -0.2) is 4.79 Å². The minimum Gasteiger partial charge on any atom is -0.444 e. The summed E-state index contributed by atoms with van der Waals surface area (Å²) in [4.78, 5) is 40.5. The average Bonchev–Trinajstić information content (AvgIpc) is 2.74. The van der Waals surface area contributed by atoms with Crippen molar-refractivity contribution in [3.05, 3.63) is 35.4 Å². The summed E-state index contributed by atoms with van der Waals surface area (Å²) in [5.41, 5.74) is 0.960. The van der Waals surface area contributed by atoms with Crippen LogP contribution < -0.4 is 10.6 Å². The Labute approximate surface area is 198 Å². The third-order valence-corrected chi connectivity index (χ3v) is 4.99. The van der Waals surface area contributed by atoms with Gasteiger partial charge in [-0.1, -0.05) is 56.5 Å². The van der Waals surface area contributed by atoms with Gasteiger partial charge in [0.05, 0.1) is 6.61 Å². The van der Waals surface area contributed by atoms with E-state index in [-0.39, 0.29) is 5.91 Å². The summed E-state index contributed by atoms with van der Waals surface area (Å²) in [6.45, 7) is 11.3. The zero-order valence-electron chi connectivity index (χ0n) is 20.9. The normalized spacial score (nSPS) is 13.1. The molecule has 2 unspecified atom stereocenters. The van der Waals surface area contributed by atoms with Gasteiger partial charge >= 0.3 is 6.09 Å². The van der Waals surface area contributed by atoms with Gasteiger partial charge in [0, 0.05) is 13.1 Å². The van der Waals surface area contributed by atoms with E-state index in [1.54, 1.807) is 20.8 Å². The van der Waals surface area contributed by atoms with Crippen LogP contribution in [0.3, 0.4) is 0 Å². The molecule has 0 aromatic heterocycles. The molecule has 1 aromatic rings. The number of amides is 3. The first-order valence-electron chi connectivity index (χ1n) is 11.8. The quantitative estimate of drug-likeness (QED) is 0.412. The van der Waals surface area contributed by atoms with Crippen molar-refractivity contribution in [1.82, 2.24) is 15.5 Å². The van der Waals surface area contributed by atoms with Crippen molar-refractivity contribution in [1.29, 1.82) is 0 Å². The van der Waals surface area contributed by atoms with Gasteiger partial charge in [0.1, 0.15) is 17.7 Å². The molecule has 0 fully saturated rings. The molecule has 0 heterocycles. The molecule has 0 aliphatic rings. The lowest BCUT2D eigenvalue weighted by atomic mass is 10.0. The van der Waals surface area contributed by atoms with Crippen molar-refractivity contribution in [2.45, 2.75) is 84.9 Å². The fraction of sp³-hybridized carbons (Fsp3) is 0.640. The number of benzene rings is 1. The Morgan fingerprint density at radius 2 is 1.67 bits per heavy atom. The SMILES string of the molecule is CCCCNC(=O)C(c1ccc(C)cc1)N(CCCC)C(=O)C(CO)NC(=O)OC(C)(C)C. The van der Waals surface area contributed by atoms with Crippen LogP contribution in [0.5, 0.6) is 0 Å². The van der Waals surface area contributed by atoms with Crippen molar-refractivity contribution in [3.8, 4) is 0 Å². The monoisotopic (exact) mass is 463 g/mol. The second kappa shape index (κ2) is 13.8. The first kappa shape index (κ1) is 28.4. The van der Waals surface area contributed by atoms with Crippen LogP contribution in [0.1, 0.15) is 77.5 Å². The molecule has 0 aliphatic heterocycles. The summed E-state index contributed by atoms with van der Waals surface area (Å²) in [7, 11) is 0. The van der Waals surface area contributed by atoms with E-state index in [0.717, 1.165) is 24.8 Å². The van der Waals surface area contributed by atoms with Gasteiger partial charge < -0.3 is 25.4 Å². The highest BCUT2D eigenvalue weighted by Gasteiger charge is 2.35. The van der Waals surface area contributed by atoms with E-state index in [4.69, 9.17) is 4.74 Å². The van der Waals surface area contributed by atoms with Crippen LogP contribution in [0.25, 0.3) is 0 Å². The number of aliphatic hydroxyl groups excluding tert-OH is 1. The van der Waals surface area contributed by atoms with Crippen molar-refractivity contribution < 1.29 is 24.2 Å². The zero-order valence-corrected chi connectivity index (χ0v) is 20.9. The molecular formula is C25H41N3O5. The van der Waals surface area contributed by atoms with Crippen molar-refractivity contribution in [2.75, 3.05) is 19.7 Å². The molecule has 33 heavy (non-hydrogen) atoms. The van der Waals surface area contributed by atoms with Crippen LogP contribution in [-0.4, -0.2) is 59.3 Å². The number of hydrogen-bond donors (Lipinski definition) is 3. The van der Waals surface area contributed by atoms with Crippen LogP contribution in [0, 0.1) is 6.92 Å². The molecule has 0 bridgehead atoms. The van der Waals surface area contributed by atoms with E-state index in [0.29, 0.717) is 25.1 Å². The molecule has 8 nitrogen and oxygen atoms in total. The Hall–Kier alpha value is -2.61. The van der Waals surface area contributed by atoms with Crippen molar-refractivity contribution >= 4 is 17.9 Å². The van der Waals surface area contributed by atoms with Gasteiger partial charge in [-0.15, -0.1) is 0 Å².